The average molecular weight is 265 g/mol. The first-order valence-electron chi connectivity index (χ1n) is 6.73. The summed E-state index contributed by atoms with van der Waals surface area (Å²) >= 11 is 0. The van der Waals surface area contributed by atoms with Gasteiger partial charge in [0, 0.05) is 31.3 Å². The van der Waals surface area contributed by atoms with Crippen LogP contribution in [0.15, 0.2) is 12.4 Å². The van der Waals surface area contributed by atoms with Crippen LogP contribution in [0, 0.1) is 0 Å². The highest BCUT2D eigenvalue weighted by Crippen LogP contribution is 2.14. The lowest BCUT2D eigenvalue weighted by Gasteiger charge is -2.19. The maximum absolute atomic E-state index is 5.92. The Morgan fingerprint density at radius 2 is 2.11 bits per heavy atom. The van der Waals surface area contributed by atoms with Crippen molar-refractivity contribution in [2.75, 3.05) is 30.3 Å². The second-order valence-corrected chi connectivity index (χ2v) is 5.65. The highest BCUT2D eigenvalue weighted by molar-refractivity contribution is 5.46. The van der Waals surface area contributed by atoms with Crippen molar-refractivity contribution >= 4 is 11.6 Å². The first-order chi connectivity index (χ1) is 9.03. The lowest BCUT2D eigenvalue weighted by Crippen LogP contribution is -2.39. The van der Waals surface area contributed by atoms with Crippen molar-refractivity contribution in [3.8, 4) is 0 Å². The summed E-state index contributed by atoms with van der Waals surface area (Å²) in [6.45, 7) is 6.26. The SMILES string of the molecule is CC(C)(N)CNc1cc(NCC2CCCO2)ncn1. The van der Waals surface area contributed by atoms with Crippen molar-refractivity contribution in [2.45, 2.75) is 38.3 Å². The summed E-state index contributed by atoms with van der Waals surface area (Å²) in [4.78, 5) is 8.37. The van der Waals surface area contributed by atoms with E-state index in [1.807, 2.05) is 19.9 Å². The molecule has 2 rings (SSSR count). The van der Waals surface area contributed by atoms with Crippen LogP contribution < -0.4 is 16.4 Å². The molecule has 0 spiro atoms. The molecule has 0 aliphatic carbocycles. The minimum atomic E-state index is -0.268. The van der Waals surface area contributed by atoms with E-state index in [0.29, 0.717) is 12.6 Å². The van der Waals surface area contributed by atoms with Crippen LogP contribution in [0.4, 0.5) is 11.6 Å². The summed E-state index contributed by atoms with van der Waals surface area (Å²) in [5.74, 6) is 1.59. The molecule has 6 nitrogen and oxygen atoms in total. The molecule has 4 N–H and O–H groups in total. The summed E-state index contributed by atoms with van der Waals surface area (Å²) in [5.41, 5.74) is 5.66. The summed E-state index contributed by atoms with van der Waals surface area (Å²) in [6.07, 6.45) is 4.11. The molecule has 1 atom stereocenters. The van der Waals surface area contributed by atoms with Crippen LogP contribution in [0.1, 0.15) is 26.7 Å². The monoisotopic (exact) mass is 265 g/mol. The lowest BCUT2D eigenvalue weighted by atomic mass is 10.1. The number of nitrogens with zero attached hydrogens (tertiary/aromatic N) is 2. The largest absolute Gasteiger partial charge is 0.376 e. The number of hydrogen-bond donors (Lipinski definition) is 3. The van der Waals surface area contributed by atoms with Gasteiger partial charge in [0.05, 0.1) is 6.10 Å². The first-order valence-corrected chi connectivity index (χ1v) is 6.73. The molecule has 6 heteroatoms. The third-order valence-electron chi connectivity index (χ3n) is 2.93. The van der Waals surface area contributed by atoms with Gasteiger partial charge in [0.15, 0.2) is 0 Å². The Balaban J connectivity index is 1.84. The molecule has 0 bridgehead atoms. The van der Waals surface area contributed by atoms with E-state index in [0.717, 1.165) is 37.6 Å². The Hall–Kier alpha value is -1.40. The van der Waals surface area contributed by atoms with Gasteiger partial charge < -0.3 is 21.1 Å². The Kier molecular flexibility index (Phi) is 4.55. The van der Waals surface area contributed by atoms with Gasteiger partial charge in [-0.3, -0.25) is 0 Å². The standard InChI is InChI=1S/C13H23N5O/c1-13(2,14)8-16-12-6-11(17-9-18-12)15-7-10-4-3-5-19-10/h6,9-10H,3-5,7-8,14H2,1-2H3,(H2,15,16,17,18). The van der Waals surface area contributed by atoms with Crippen molar-refractivity contribution < 1.29 is 4.74 Å². The molecule has 0 amide bonds. The van der Waals surface area contributed by atoms with E-state index >= 15 is 0 Å². The van der Waals surface area contributed by atoms with E-state index < -0.39 is 0 Å². The lowest BCUT2D eigenvalue weighted by molar-refractivity contribution is 0.120. The number of aromatic nitrogens is 2. The van der Waals surface area contributed by atoms with Gasteiger partial charge in [-0.05, 0) is 26.7 Å². The summed E-state index contributed by atoms with van der Waals surface area (Å²) < 4.78 is 5.56. The number of hydrogen-bond acceptors (Lipinski definition) is 6. The zero-order valence-corrected chi connectivity index (χ0v) is 11.6. The Morgan fingerprint density at radius 3 is 2.74 bits per heavy atom. The smallest absolute Gasteiger partial charge is 0.131 e. The molecule has 0 aromatic carbocycles. The van der Waals surface area contributed by atoms with Gasteiger partial charge in [-0.25, -0.2) is 9.97 Å². The number of ether oxygens (including phenoxy) is 1. The number of rotatable bonds is 6. The van der Waals surface area contributed by atoms with E-state index in [4.69, 9.17) is 10.5 Å². The maximum Gasteiger partial charge on any atom is 0.131 e. The Labute approximate surface area is 114 Å². The minimum Gasteiger partial charge on any atom is -0.376 e. The van der Waals surface area contributed by atoms with Gasteiger partial charge in [0.1, 0.15) is 18.0 Å². The molecule has 1 aliphatic rings. The summed E-state index contributed by atoms with van der Waals surface area (Å²) in [7, 11) is 0. The molecule has 1 aliphatic heterocycles. The van der Waals surface area contributed by atoms with Crippen LogP contribution in [0.25, 0.3) is 0 Å². The van der Waals surface area contributed by atoms with Gasteiger partial charge in [0.2, 0.25) is 0 Å². The number of nitrogens with one attached hydrogen (secondary N) is 2. The molecule has 1 unspecified atom stereocenters. The van der Waals surface area contributed by atoms with E-state index in [-0.39, 0.29) is 5.54 Å². The van der Waals surface area contributed by atoms with Crippen molar-refractivity contribution in [1.82, 2.24) is 9.97 Å². The van der Waals surface area contributed by atoms with Crippen molar-refractivity contribution in [3.05, 3.63) is 12.4 Å². The van der Waals surface area contributed by atoms with Gasteiger partial charge in [-0.2, -0.15) is 0 Å². The predicted octanol–water partition coefficient (Wildman–Crippen LogP) is 1.22. The molecular weight excluding hydrogens is 242 g/mol. The van der Waals surface area contributed by atoms with Crippen molar-refractivity contribution in [2.24, 2.45) is 5.73 Å². The molecule has 19 heavy (non-hydrogen) atoms. The maximum atomic E-state index is 5.92. The van der Waals surface area contributed by atoms with E-state index in [2.05, 4.69) is 20.6 Å². The minimum absolute atomic E-state index is 0.268. The second kappa shape index (κ2) is 6.16. The number of nitrogens with two attached hydrogens (primary N) is 1. The fourth-order valence-corrected chi connectivity index (χ4v) is 1.89. The molecule has 106 valence electrons. The third kappa shape index (κ3) is 5.00. The topological polar surface area (TPSA) is 85.1 Å². The zero-order chi connectivity index (χ0) is 13.7. The fourth-order valence-electron chi connectivity index (χ4n) is 1.89. The molecule has 1 fully saturated rings. The Bertz CT molecular complexity index is 398. The molecule has 1 saturated heterocycles. The molecule has 2 heterocycles. The molecule has 1 aromatic rings. The molecule has 0 radical (unpaired) electrons. The van der Waals surface area contributed by atoms with Gasteiger partial charge in [-0.15, -0.1) is 0 Å². The zero-order valence-electron chi connectivity index (χ0n) is 11.6. The van der Waals surface area contributed by atoms with E-state index in [9.17, 15) is 0 Å². The quantitative estimate of drug-likeness (QED) is 0.717. The predicted molar refractivity (Wildman–Crippen MR) is 76.3 cm³/mol. The van der Waals surface area contributed by atoms with Crippen LogP contribution in [-0.2, 0) is 4.74 Å². The molecular formula is C13H23N5O. The van der Waals surface area contributed by atoms with Crippen LogP contribution in [0.3, 0.4) is 0 Å². The highest BCUT2D eigenvalue weighted by atomic mass is 16.5. The first kappa shape index (κ1) is 14.0. The second-order valence-electron chi connectivity index (χ2n) is 5.65. The third-order valence-corrected chi connectivity index (χ3v) is 2.93. The van der Waals surface area contributed by atoms with Crippen molar-refractivity contribution in [1.29, 1.82) is 0 Å². The number of anilines is 2. The van der Waals surface area contributed by atoms with E-state index in [1.54, 1.807) is 6.33 Å². The normalized spacial score (nSPS) is 19.4. The molecule has 1 aromatic heterocycles. The summed E-state index contributed by atoms with van der Waals surface area (Å²) in [6, 6.07) is 1.89. The van der Waals surface area contributed by atoms with Crippen LogP contribution in [0.2, 0.25) is 0 Å². The average Bonchev–Trinajstić information content (AvgIpc) is 2.87. The van der Waals surface area contributed by atoms with Crippen molar-refractivity contribution in [3.63, 3.8) is 0 Å². The molecule has 0 saturated carbocycles. The highest BCUT2D eigenvalue weighted by Gasteiger charge is 2.15. The Morgan fingerprint density at radius 1 is 1.37 bits per heavy atom. The van der Waals surface area contributed by atoms with Crippen LogP contribution in [0.5, 0.6) is 0 Å². The van der Waals surface area contributed by atoms with Crippen LogP contribution >= 0.6 is 0 Å². The van der Waals surface area contributed by atoms with Crippen LogP contribution in [-0.4, -0.2) is 41.3 Å². The van der Waals surface area contributed by atoms with Gasteiger partial charge in [0.25, 0.3) is 0 Å². The fraction of sp³-hybridized carbons (Fsp3) is 0.692. The van der Waals surface area contributed by atoms with E-state index in [1.165, 1.54) is 0 Å². The summed E-state index contributed by atoms with van der Waals surface area (Å²) in [5, 5.41) is 6.48. The van der Waals surface area contributed by atoms with Gasteiger partial charge in [-0.1, -0.05) is 0 Å². The van der Waals surface area contributed by atoms with Gasteiger partial charge >= 0.3 is 0 Å².